The lowest BCUT2D eigenvalue weighted by molar-refractivity contribution is -0.148. The Morgan fingerprint density at radius 2 is 1.30 bits per heavy atom. The van der Waals surface area contributed by atoms with E-state index in [4.69, 9.17) is 34.2 Å². The summed E-state index contributed by atoms with van der Waals surface area (Å²) in [5, 5.41) is 40.1. The predicted molar refractivity (Wildman–Crippen MR) is 408 cm³/mol. The van der Waals surface area contributed by atoms with Gasteiger partial charge in [0.05, 0.1) is 93.2 Å². The molecule has 1 fully saturated rings. The first-order valence-electron chi connectivity index (χ1n) is 36.4. The number of amides is 11. The molecule has 0 unspecified atom stereocenters. The number of primary amides is 1. The first kappa shape index (κ1) is 92.4. The number of nitrogens with two attached hydrogens (primary N) is 1. The molecule has 0 aliphatic carbocycles. The Balaban J connectivity index is 1.30. The van der Waals surface area contributed by atoms with Crippen LogP contribution in [0.3, 0.4) is 0 Å². The number of carbonyl (C=O) groups excluding carboxylic acids is 10. The van der Waals surface area contributed by atoms with Crippen LogP contribution >= 0.6 is 31.9 Å². The highest BCUT2D eigenvalue weighted by Gasteiger charge is 2.44. The van der Waals surface area contributed by atoms with E-state index in [-0.39, 0.29) is 106 Å². The van der Waals surface area contributed by atoms with Gasteiger partial charge in [-0.25, -0.2) is 24.4 Å². The van der Waals surface area contributed by atoms with Crippen LogP contribution in [-0.4, -0.2) is 242 Å². The summed E-state index contributed by atoms with van der Waals surface area (Å²) < 4.78 is 34.2. The molecule has 4 rings (SSSR count). The molecule has 1 aliphatic heterocycles. The number of aliphatic hydroxyl groups excluding tert-OH is 1. The number of carboxylic acid groups (broad SMARTS) is 1. The Hall–Kier alpha value is -7.99. The molecule has 3 aromatic rings. The number of nitrogens with zero attached hydrogens (tertiary/aromatic N) is 5. The van der Waals surface area contributed by atoms with Gasteiger partial charge in [0.15, 0.2) is 11.4 Å². The molecule has 108 heavy (non-hydrogen) atoms. The number of carbonyl (C=O) groups is 11. The number of aromatic carboxylic acids is 1. The minimum Gasteiger partial charge on any atom is -0.476 e. The molecule has 12 atom stereocenters. The topological polar surface area (TPSA) is 429 Å². The van der Waals surface area contributed by atoms with Gasteiger partial charge in [-0.3, -0.25) is 43.3 Å². The molecule has 11 amide bonds. The number of aliphatic hydroxyl groups is 1. The van der Waals surface area contributed by atoms with Crippen LogP contribution < -0.4 is 43.0 Å². The number of halogens is 2. The molecular formula is C74H113Br2N13O19. The molecule has 0 radical (unpaired) electrons. The molecule has 2 heterocycles. The minimum absolute atomic E-state index is 0.00997. The number of likely N-dealkylation sites (N-methyl/N-ethyl adjacent to an activating group) is 2. The largest absolute Gasteiger partial charge is 0.476 e. The zero-order valence-electron chi connectivity index (χ0n) is 64.5. The second-order valence-electron chi connectivity index (χ2n) is 27.7. The fourth-order valence-electron chi connectivity index (χ4n) is 12.6. The Labute approximate surface area is 649 Å². The Morgan fingerprint density at radius 3 is 1.86 bits per heavy atom. The number of hydrogen-bond acceptors (Lipinski definition) is 20. The monoisotopic (exact) mass is 1650 g/mol. The number of likely N-dealkylation sites (tertiary alicyclic amines) is 1. The molecule has 34 heteroatoms. The standard InChI is InChI=1S/C74H113Br2N13O19/c1-15-45(8)63(55(103-13)37-57(91)89-31-20-24-54(89)65(104-14)46(9)66(93)80-47(10)64(92)49-21-17-16-18-22-49)87(11)71(98)59(43(4)5)86-70(97)62(44(6)7)88(12)74(102)108-40-48-25-27-50(28-26-48)81-67(94)51(23-19-29-79-73(77)101)84-69(96)58(42(2)3)85-56(90)41-107-36-35-106-34-33-105-32-30-78-68(95)60-61(72(99)100)83-53(39-76)52(38-75)82-60/h16-18,21-22,25-28,42-47,51,54-55,58-59,62-65,92H,15,19-20,23-24,29-41H2,1-14H3,(H,78,95)(H,80,93)(H,81,94)(H,84,96)(H,85,90)(H,86,97)(H,99,100)(H3,77,79,101)/t45-,46+,47+,51-,54-,55+,58-,59-,62-,63-,64+,65+/m0/s1. The number of hydrogen-bond donors (Lipinski definition) is 10. The molecule has 602 valence electrons. The van der Waals surface area contributed by atoms with Crippen molar-refractivity contribution in [3.63, 3.8) is 0 Å². The SMILES string of the molecule is CC[C@H](C)[C@@H]([C@@H](CC(=O)N1CCC[C@H]1[C@H](OC)[C@@H](C)C(=O)N[C@H](C)[C@@H](O)c1ccccc1)OC)N(C)C(=O)[C@@H](NC(=O)[C@H](C(C)C)N(C)C(=O)OCc1ccc(NC(=O)[C@H](CCCNC(N)=O)NC(=O)[C@@H](NC(=O)COCCOCCOCCNC(=O)c2nc(CBr)c(CBr)nc2C(=O)O)C(C)C)cc1)C(C)C. The Bertz CT molecular complexity index is 3420. The van der Waals surface area contributed by atoms with Crippen molar-refractivity contribution in [1.29, 1.82) is 0 Å². The molecule has 1 saturated heterocycles. The second kappa shape index (κ2) is 47.2. The van der Waals surface area contributed by atoms with Crippen LogP contribution in [0.1, 0.15) is 157 Å². The number of methoxy groups -OCH3 is 2. The highest BCUT2D eigenvalue weighted by atomic mass is 79.9. The minimum atomic E-state index is -1.40. The Morgan fingerprint density at radius 1 is 0.685 bits per heavy atom. The van der Waals surface area contributed by atoms with E-state index in [9.17, 15) is 63.0 Å². The maximum atomic E-state index is 14.9. The average molecular weight is 1650 g/mol. The van der Waals surface area contributed by atoms with Gasteiger partial charge in [-0.15, -0.1) is 0 Å². The van der Waals surface area contributed by atoms with Crippen molar-refractivity contribution in [2.24, 2.45) is 35.3 Å². The third kappa shape index (κ3) is 28.5. The summed E-state index contributed by atoms with van der Waals surface area (Å²) in [6.07, 6.45) is -1.23. The first-order chi connectivity index (χ1) is 51.3. The van der Waals surface area contributed by atoms with E-state index >= 15 is 0 Å². The van der Waals surface area contributed by atoms with Crippen molar-refractivity contribution in [1.82, 2.24) is 56.6 Å². The van der Waals surface area contributed by atoms with Crippen molar-refractivity contribution in [3.8, 4) is 0 Å². The zero-order chi connectivity index (χ0) is 80.5. The first-order valence-corrected chi connectivity index (χ1v) is 38.7. The molecule has 32 nitrogen and oxygen atoms in total. The molecule has 1 aliphatic rings. The molecule has 0 spiro atoms. The quantitative estimate of drug-likeness (QED) is 0.0252. The number of aromatic nitrogens is 2. The third-order valence-corrected chi connectivity index (χ3v) is 19.8. The average Bonchev–Trinajstić information content (AvgIpc) is 1.40. The molecule has 0 saturated carbocycles. The van der Waals surface area contributed by atoms with Crippen molar-refractivity contribution >= 4 is 103 Å². The van der Waals surface area contributed by atoms with E-state index in [1.165, 1.54) is 21.3 Å². The third-order valence-electron chi connectivity index (χ3n) is 18.8. The van der Waals surface area contributed by atoms with E-state index in [0.717, 1.165) is 4.90 Å². The van der Waals surface area contributed by atoms with Gasteiger partial charge < -0.3 is 91.4 Å². The normalized spacial score (nSPS) is 15.9. The van der Waals surface area contributed by atoms with Gasteiger partial charge in [-0.2, -0.15) is 0 Å². The lowest BCUT2D eigenvalue weighted by atomic mass is 9.89. The smallest absolute Gasteiger partial charge is 0.410 e. The van der Waals surface area contributed by atoms with Crippen LogP contribution in [0.4, 0.5) is 15.3 Å². The molecular weight excluding hydrogens is 1530 g/mol. The number of benzene rings is 2. The number of rotatable bonds is 47. The van der Waals surface area contributed by atoms with Gasteiger partial charge in [0, 0.05) is 64.3 Å². The number of ether oxygens (including phenoxy) is 6. The lowest BCUT2D eigenvalue weighted by Crippen LogP contribution is -2.60. The maximum absolute atomic E-state index is 14.9. The molecule has 2 aromatic carbocycles. The Kier molecular flexibility index (Phi) is 40.3. The van der Waals surface area contributed by atoms with E-state index in [1.807, 2.05) is 32.0 Å². The van der Waals surface area contributed by atoms with Gasteiger partial charge in [0.2, 0.25) is 41.4 Å². The van der Waals surface area contributed by atoms with Crippen molar-refractivity contribution < 1.29 is 91.4 Å². The summed E-state index contributed by atoms with van der Waals surface area (Å²) >= 11 is 6.51. The zero-order valence-corrected chi connectivity index (χ0v) is 67.7. The lowest BCUT2D eigenvalue weighted by Gasteiger charge is -2.41. The number of alkyl halides is 2. The van der Waals surface area contributed by atoms with Crippen LogP contribution in [0.2, 0.25) is 0 Å². The number of urea groups is 1. The molecule has 0 bridgehead atoms. The summed E-state index contributed by atoms with van der Waals surface area (Å²) in [6.45, 7) is 18.3. The van der Waals surface area contributed by atoms with Crippen LogP contribution in [0.5, 0.6) is 0 Å². The fourth-order valence-corrected chi connectivity index (χ4v) is 13.5. The van der Waals surface area contributed by atoms with E-state index < -0.39 is 150 Å². The summed E-state index contributed by atoms with van der Waals surface area (Å²) in [5.41, 5.74) is 6.74. The van der Waals surface area contributed by atoms with Crippen molar-refractivity contribution in [2.75, 3.05) is 92.9 Å². The van der Waals surface area contributed by atoms with E-state index in [1.54, 1.807) is 109 Å². The van der Waals surface area contributed by atoms with Crippen molar-refractivity contribution in [3.05, 3.63) is 88.5 Å². The number of nitrogens with one attached hydrogen (secondary N) is 7. The van der Waals surface area contributed by atoms with Crippen LogP contribution in [0.15, 0.2) is 54.6 Å². The summed E-state index contributed by atoms with van der Waals surface area (Å²) in [5.74, 6) is -7.88. The van der Waals surface area contributed by atoms with Gasteiger partial charge in [0.25, 0.3) is 5.91 Å². The molecule has 1 aromatic heterocycles. The van der Waals surface area contributed by atoms with E-state index in [2.05, 4.69) is 79.0 Å². The second-order valence-corrected chi connectivity index (χ2v) is 28.8. The molecule has 11 N–H and O–H groups in total. The van der Waals surface area contributed by atoms with Crippen LogP contribution in [0, 0.1) is 29.6 Å². The highest BCUT2D eigenvalue weighted by Crippen LogP contribution is 2.31. The summed E-state index contributed by atoms with van der Waals surface area (Å²) in [6, 6.07) is 8.43. The number of carboxylic acids is 1. The van der Waals surface area contributed by atoms with Gasteiger partial charge in [-0.1, -0.05) is 143 Å². The van der Waals surface area contributed by atoms with Crippen molar-refractivity contribution in [2.45, 2.75) is 186 Å². The summed E-state index contributed by atoms with van der Waals surface area (Å²) in [7, 11) is 6.05. The van der Waals surface area contributed by atoms with Gasteiger partial charge in [0.1, 0.15) is 37.4 Å². The van der Waals surface area contributed by atoms with Crippen LogP contribution in [-0.2, 0) is 79.2 Å². The predicted octanol–water partition coefficient (Wildman–Crippen LogP) is 5.35. The highest BCUT2D eigenvalue weighted by molar-refractivity contribution is 9.09. The van der Waals surface area contributed by atoms with E-state index in [0.29, 0.717) is 54.0 Å². The maximum Gasteiger partial charge on any atom is 0.410 e. The van der Waals surface area contributed by atoms with Gasteiger partial charge >= 0.3 is 18.1 Å². The fraction of sp³-hybridized carbons (Fsp3) is 0.635. The number of anilines is 1. The van der Waals surface area contributed by atoms with Gasteiger partial charge in [-0.05, 0) is 79.5 Å². The van der Waals surface area contributed by atoms with Crippen LogP contribution in [0.25, 0.3) is 0 Å². The summed E-state index contributed by atoms with van der Waals surface area (Å²) in [4.78, 5) is 161.